The summed E-state index contributed by atoms with van der Waals surface area (Å²) in [6, 6.07) is 7.69. The highest BCUT2D eigenvalue weighted by atomic mass is 32.2. The second-order valence-corrected chi connectivity index (χ2v) is 9.45. The van der Waals surface area contributed by atoms with Gasteiger partial charge in [-0.2, -0.15) is 0 Å². The van der Waals surface area contributed by atoms with Gasteiger partial charge in [0.1, 0.15) is 5.82 Å². The fraction of sp³-hybridized carbons (Fsp3) is 0.435. The molecule has 0 atom stereocenters. The van der Waals surface area contributed by atoms with Gasteiger partial charge in [0.05, 0.1) is 11.4 Å². The maximum Gasteiger partial charge on any atom is 0.325 e. The second kappa shape index (κ2) is 10.2. The van der Waals surface area contributed by atoms with Crippen LogP contribution < -0.4 is 16.6 Å². The number of nitrogens with zero attached hydrogens (tertiary/aromatic N) is 3. The number of aromatic amines is 2. The number of H-pyrrole nitrogens is 2. The van der Waals surface area contributed by atoms with Crippen molar-refractivity contribution in [2.24, 2.45) is 0 Å². The topological polar surface area (TPSA) is 126 Å². The van der Waals surface area contributed by atoms with Crippen LogP contribution in [0.2, 0.25) is 0 Å². The molecular weight excluding hydrogens is 440 g/mol. The molecule has 174 valence electrons. The molecule has 10 heteroatoms. The summed E-state index contributed by atoms with van der Waals surface area (Å²) in [6.07, 6.45) is 5.84. The monoisotopic (exact) mass is 468 g/mol. The Labute approximate surface area is 195 Å². The number of nitrogens with one attached hydrogen (secondary N) is 3. The third-order valence-electron chi connectivity index (χ3n) is 5.77. The van der Waals surface area contributed by atoms with Crippen LogP contribution in [0.5, 0.6) is 0 Å². The van der Waals surface area contributed by atoms with Crippen LogP contribution in [0.25, 0.3) is 5.69 Å². The highest BCUT2D eigenvalue weighted by Crippen LogP contribution is 2.26. The number of rotatable bonds is 7. The standard InChI is InChI=1S/C23H28N6O3S/c1-14-8-9-15(2)18(10-14)29-19(11-17-12-20(30)26-22(32)25-17)27-28-23(29)33-13-21(31)24-16-6-4-3-5-7-16/h8-10,12,16H,3-7,11,13H2,1-2H3,(H,24,31)(H2,25,26,30,32). The van der Waals surface area contributed by atoms with Gasteiger partial charge in [0.2, 0.25) is 5.91 Å². The van der Waals surface area contributed by atoms with E-state index in [1.807, 2.05) is 36.6 Å². The van der Waals surface area contributed by atoms with E-state index in [1.165, 1.54) is 24.2 Å². The van der Waals surface area contributed by atoms with E-state index in [-0.39, 0.29) is 24.1 Å². The summed E-state index contributed by atoms with van der Waals surface area (Å²) in [6.45, 7) is 4.00. The average molecular weight is 469 g/mol. The molecule has 0 unspecified atom stereocenters. The van der Waals surface area contributed by atoms with Crippen molar-refractivity contribution in [3.8, 4) is 5.69 Å². The first kappa shape index (κ1) is 23.0. The van der Waals surface area contributed by atoms with Crippen molar-refractivity contribution >= 4 is 17.7 Å². The molecule has 0 saturated heterocycles. The number of aryl methyl sites for hydroxylation is 2. The van der Waals surface area contributed by atoms with Gasteiger partial charge in [-0.15, -0.1) is 10.2 Å². The summed E-state index contributed by atoms with van der Waals surface area (Å²) in [5.41, 5.74) is 2.40. The van der Waals surface area contributed by atoms with E-state index in [0.29, 0.717) is 16.7 Å². The van der Waals surface area contributed by atoms with E-state index in [4.69, 9.17) is 0 Å². The van der Waals surface area contributed by atoms with Crippen LogP contribution >= 0.6 is 11.8 Å². The molecule has 9 nitrogen and oxygen atoms in total. The third-order valence-corrected chi connectivity index (χ3v) is 6.70. The van der Waals surface area contributed by atoms with Gasteiger partial charge >= 0.3 is 5.69 Å². The number of hydrogen-bond acceptors (Lipinski definition) is 6. The Balaban J connectivity index is 1.61. The summed E-state index contributed by atoms with van der Waals surface area (Å²) < 4.78 is 1.90. The van der Waals surface area contributed by atoms with E-state index in [1.54, 1.807) is 0 Å². The highest BCUT2D eigenvalue weighted by molar-refractivity contribution is 7.99. The van der Waals surface area contributed by atoms with Crippen molar-refractivity contribution in [3.63, 3.8) is 0 Å². The Hall–Kier alpha value is -3.14. The minimum absolute atomic E-state index is 0.0112. The normalized spacial score (nSPS) is 14.4. The van der Waals surface area contributed by atoms with Crippen molar-refractivity contribution in [1.82, 2.24) is 30.0 Å². The van der Waals surface area contributed by atoms with Gasteiger partial charge in [-0.3, -0.25) is 19.1 Å². The molecule has 1 aromatic carbocycles. The molecule has 0 aliphatic heterocycles. The van der Waals surface area contributed by atoms with Gasteiger partial charge in [0.15, 0.2) is 5.16 Å². The molecule has 2 aromatic heterocycles. The van der Waals surface area contributed by atoms with Crippen molar-refractivity contribution < 1.29 is 4.79 Å². The van der Waals surface area contributed by atoms with Crippen molar-refractivity contribution in [3.05, 3.63) is 67.7 Å². The smallest absolute Gasteiger partial charge is 0.325 e. The molecule has 2 heterocycles. The molecule has 1 amide bonds. The SMILES string of the molecule is Cc1ccc(C)c(-n2c(Cc3cc(=O)[nH]c(=O)[nH]3)nnc2SCC(=O)NC2CCCCC2)c1. The molecule has 1 aliphatic carbocycles. The minimum atomic E-state index is -0.565. The van der Waals surface area contributed by atoms with Gasteiger partial charge in [0, 0.05) is 24.2 Å². The van der Waals surface area contributed by atoms with Gasteiger partial charge in [0.25, 0.3) is 5.56 Å². The lowest BCUT2D eigenvalue weighted by molar-refractivity contribution is -0.119. The fourth-order valence-electron chi connectivity index (χ4n) is 4.14. The van der Waals surface area contributed by atoms with Gasteiger partial charge in [-0.1, -0.05) is 43.2 Å². The van der Waals surface area contributed by atoms with Gasteiger partial charge in [-0.05, 0) is 43.9 Å². The van der Waals surface area contributed by atoms with Crippen LogP contribution in [0.4, 0.5) is 0 Å². The van der Waals surface area contributed by atoms with E-state index in [9.17, 15) is 14.4 Å². The number of amides is 1. The lowest BCUT2D eigenvalue weighted by Gasteiger charge is -2.22. The lowest BCUT2D eigenvalue weighted by atomic mass is 9.95. The summed E-state index contributed by atoms with van der Waals surface area (Å²) in [4.78, 5) is 40.8. The Bertz CT molecular complexity index is 1230. The van der Waals surface area contributed by atoms with E-state index in [0.717, 1.165) is 42.5 Å². The predicted molar refractivity (Wildman–Crippen MR) is 127 cm³/mol. The van der Waals surface area contributed by atoms with E-state index < -0.39 is 11.2 Å². The maximum atomic E-state index is 12.6. The van der Waals surface area contributed by atoms with Crippen LogP contribution in [0.15, 0.2) is 39.0 Å². The molecule has 1 fully saturated rings. The molecule has 0 radical (unpaired) electrons. The van der Waals surface area contributed by atoms with Crippen molar-refractivity contribution in [2.45, 2.75) is 63.6 Å². The van der Waals surface area contributed by atoms with Gasteiger partial charge < -0.3 is 10.3 Å². The van der Waals surface area contributed by atoms with Crippen LogP contribution in [-0.2, 0) is 11.2 Å². The Morgan fingerprint density at radius 1 is 1.12 bits per heavy atom. The molecule has 0 spiro atoms. The van der Waals surface area contributed by atoms with Crippen LogP contribution in [0, 0.1) is 13.8 Å². The number of thioether (sulfide) groups is 1. The Morgan fingerprint density at radius 2 is 1.91 bits per heavy atom. The molecule has 1 saturated carbocycles. The zero-order valence-corrected chi connectivity index (χ0v) is 19.6. The molecule has 1 aliphatic rings. The van der Waals surface area contributed by atoms with Gasteiger partial charge in [-0.25, -0.2) is 4.79 Å². The number of hydrogen-bond donors (Lipinski definition) is 3. The third kappa shape index (κ3) is 5.81. The molecular formula is C23H28N6O3S. The summed E-state index contributed by atoms with van der Waals surface area (Å²) in [5.74, 6) is 0.796. The molecule has 0 bridgehead atoms. The van der Waals surface area contributed by atoms with Crippen LogP contribution in [0.3, 0.4) is 0 Å². The quantitative estimate of drug-likeness (QED) is 0.457. The highest BCUT2D eigenvalue weighted by Gasteiger charge is 2.20. The first-order chi connectivity index (χ1) is 15.9. The zero-order valence-electron chi connectivity index (χ0n) is 18.8. The minimum Gasteiger partial charge on any atom is -0.353 e. The molecule has 3 aromatic rings. The summed E-state index contributed by atoms with van der Waals surface area (Å²) in [7, 11) is 0. The first-order valence-corrected chi connectivity index (χ1v) is 12.1. The molecule has 4 rings (SSSR count). The fourth-order valence-corrected chi connectivity index (χ4v) is 4.92. The van der Waals surface area contributed by atoms with Crippen LogP contribution in [0.1, 0.15) is 54.7 Å². The molecule has 3 N–H and O–H groups in total. The number of carbonyl (C=O) groups excluding carboxylic acids is 1. The number of aromatic nitrogens is 5. The van der Waals surface area contributed by atoms with E-state index in [2.05, 4.69) is 25.5 Å². The summed E-state index contributed by atoms with van der Waals surface area (Å²) >= 11 is 1.33. The first-order valence-electron chi connectivity index (χ1n) is 11.2. The maximum absolute atomic E-state index is 12.6. The number of benzene rings is 1. The summed E-state index contributed by atoms with van der Waals surface area (Å²) in [5, 5.41) is 12.4. The number of carbonyl (C=O) groups is 1. The largest absolute Gasteiger partial charge is 0.353 e. The predicted octanol–water partition coefficient (Wildman–Crippen LogP) is 2.39. The van der Waals surface area contributed by atoms with Crippen molar-refractivity contribution in [2.75, 3.05) is 5.75 Å². The van der Waals surface area contributed by atoms with Crippen molar-refractivity contribution in [1.29, 1.82) is 0 Å². The van der Waals surface area contributed by atoms with Crippen LogP contribution in [-0.4, -0.2) is 42.4 Å². The average Bonchev–Trinajstić information content (AvgIpc) is 3.16. The molecule has 33 heavy (non-hydrogen) atoms. The Morgan fingerprint density at radius 3 is 2.67 bits per heavy atom. The zero-order chi connectivity index (χ0) is 23.4. The lowest BCUT2D eigenvalue weighted by Crippen LogP contribution is -2.37. The Kier molecular flexibility index (Phi) is 7.12. The van der Waals surface area contributed by atoms with E-state index >= 15 is 0 Å². The second-order valence-electron chi connectivity index (χ2n) is 8.51.